The first-order chi connectivity index (χ1) is 16.3. The summed E-state index contributed by atoms with van der Waals surface area (Å²) in [4.78, 5) is 41.8. The van der Waals surface area contributed by atoms with Gasteiger partial charge in [-0.25, -0.2) is 4.79 Å². The fourth-order valence-electron chi connectivity index (χ4n) is 3.48. The van der Waals surface area contributed by atoms with Crippen molar-refractivity contribution in [3.63, 3.8) is 0 Å². The molecule has 3 N–H and O–H groups in total. The van der Waals surface area contributed by atoms with Crippen LogP contribution in [-0.2, 0) is 16.1 Å². The zero-order valence-corrected chi connectivity index (χ0v) is 19.6. The second-order valence-electron chi connectivity index (χ2n) is 8.12. The fourth-order valence-corrected chi connectivity index (χ4v) is 3.48. The predicted molar refractivity (Wildman–Crippen MR) is 132 cm³/mol. The van der Waals surface area contributed by atoms with Crippen LogP contribution in [-0.4, -0.2) is 42.3 Å². The number of hydrogen-bond donors (Lipinski definition) is 2. The summed E-state index contributed by atoms with van der Waals surface area (Å²) < 4.78 is 12.0. The molecular formula is C25H30N4O5. The van der Waals surface area contributed by atoms with E-state index in [1.165, 1.54) is 16.6 Å². The lowest BCUT2D eigenvalue weighted by molar-refractivity contribution is -0.120. The first-order valence-corrected chi connectivity index (χ1v) is 11.0. The van der Waals surface area contributed by atoms with Crippen molar-refractivity contribution in [1.82, 2.24) is 9.55 Å². The maximum Gasteiger partial charge on any atom is 0.330 e. The first-order valence-electron chi connectivity index (χ1n) is 11.0. The standard InChI is InChI=1S/C25H30N4O5/c1-17(2)19-9-11-20(12-10-19)34-16-21(30)28(13-14-33-3)22-23(26)29(25(32)27-24(22)31)15-18-7-5-4-6-8-18/h4-12,17H,13-16,26H2,1-3H3,(H,27,31,32). The van der Waals surface area contributed by atoms with E-state index in [1.807, 2.05) is 42.5 Å². The number of nitrogens with one attached hydrogen (secondary N) is 1. The molecule has 0 unspecified atom stereocenters. The molecule has 9 heteroatoms. The van der Waals surface area contributed by atoms with E-state index in [1.54, 1.807) is 12.1 Å². The fraction of sp³-hybridized carbons (Fsp3) is 0.320. The quantitative estimate of drug-likeness (QED) is 0.473. The molecule has 1 aromatic heterocycles. The minimum absolute atomic E-state index is 0.0573. The Hall–Kier alpha value is -3.85. The first kappa shape index (κ1) is 24.8. The molecule has 0 spiro atoms. The van der Waals surface area contributed by atoms with Crippen LogP contribution < -0.4 is 26.6 Å². The summed E-state index contributed by atoms with van der Waals surface area (Å²) >= 11 is 0. The molecule has 3 aromatic rings. The largest absolute Gasteiger partial charge is 0.484 e. The number of benzene rings is 2. The van der Waals surface area contributed by atoms with E-state index >= 15 is 0 Å². The van der Waals surface area contributed by atoms with E-state index in [-0.39, 0.29) is 37.8 Å². The van der Waals surface area contributed by atoms with Gasteiger partial charge in [0.05, 0.1) is 13.2 Å². The van der Waals surface area contributed by atoms with Gasteiger partial charge in [0, 0.05) is 13.7 Å². The Morgan fingerprint density at radius 2 is 1.76 bits per heavy atom. The normalized spacial score (nSPS) is 10.9. The number of rotatable bonds is 10. The van der Waals surface area contributed by atoms with Crippen molar-refractivity contribution in [3.8, 4) is 5.75 Å². The summed E-state index contributed by atoms with van der Waals surface area (Å²) in [5, 5.41) is 0. The average Bonchev–Trinajstić information content (AvgIpc) is 2.83. The average molecular weight is 467 g/mol. The van der Waals surface area contributed by atoms with Crippen molar-refractivity contribution in [2.24, 2.45) is 0 Å². The summed E-state index contributed by atoms with van der Waals surface area (Å²) in [5.41, 5.74) is 6.71. The minimum Gasteiger partial charge on any atom is -0.484 e. The van der Waals surface area contributed by atoms with Gasteiger partial charge in [-0.05, 0) is 29.2 Å². The topological polar surface area (TPSA) is 120 Å². The lowest BCUT2D eigenvalue weighted by Crippen LogP contribution is -2.44. The van der Waals surface area contributed by atoms with Gasteiger partial charge in [0.2, 0.25) is 0 Å². The van der Waals surface area contributed by atoms with Crippen molar-refractivity contribution in [1.29, 1.82) is 0 Å². The number of ether oxygens (including phenoxy) is 2. The van der Waals surface area contributed by atoms with Crippen molar-refractivity contribution in [2.45, 2.75) is 26.3 Å². The zero-order valence-electron chi connectivity index (χ0n) is 19.6. The number of methoxy groups -OCH3 is 1. The van der Waals surface area contributed by atoms with Crippen LogP contribution in [0.1, 0.15) is 30.9 Å². The van der Waals surface area contributed by atoms with E-state index in [2.05, 4.69) is 18.8 Å². The summed E-state index contributed by atoms with van der Waals surface area (Å²) in [6.07, 6.45) is 0. The summed E-state index contributed by atoms with van der Waals surface area (Å²) in [7, 11) is 1.49. The molecule has 0 fully saturated rings. The van der Waals surface area contributed by atoms with Crippen LogP contribution >= 0.6 is 0 Å². The van der Waals surface area contributed by atoms with E-state index in [0.717, 1.165) is 11.1 Å². The van der Waals surface area contributed by atoms with Crippen LogP contribution in [0.15, 0.2) is 64.2 Å². The van der Waals surface area contributed by atoms with E-state index in [9.17, 15) is 14.4 Å². The number of carbonyl (C=O) groups is 1. The number of hydrogen-bond acceptors (Lipinski definition) is 6. The van der Waals surface area contributed by atoms with Crippen molar-refractivity contribution in [3.05, 3.63) is 86.6 Å². The molecule has 3 rings (SSSR count). The third kappa shape index (κ3) is 5.93. The van der Waals surface area contributed by atoms with Crippen LogP contribution in [0.4, 0.5) is 11.5 Å². The van der Waals surface area contributed by atoms with Gasteiger partial charge < -0.3 is 15.2 Å². The van der Waals surface area contributed by atoms with Crippen LogP contribution in [0.2, 0.25) is 0 Å². The van der Waals surface area contributed by atoms with Crippen molar-refractivity contribution in [2.75, 3.05) is 37.5 Å². The number of aromatic nitrogens is 2. The molecule has 0 atom stereocenters. The molecule has 0 radical (unpaired) electrons. The Labute approximate surface area is 197 Å². The molecule has 34 heavy (non-hydrogen) atoms. The smallest absolute Gasteiger partial charge is 0.330 e. The van der Waals surface area contributed by atoms with Crippen LogP contribution in [0.5, 0.6) is 5.75 Å². The second kappa shape index (κ2) is 11.3. The molecule has 1 amide bonds. The van der Waals surface area contributed by atoms with Crippen molar-refractivity contribution >= 4 is 17.4 Å². The molecule has 2 aromatic carbocycles. The van der Waals surface area contributed by atoms with Crippen LogP contribution in [0.25, 0.3) is 0 Å². The van der Waals surface area contributed by atoms with Gasteiger partial charge in [-0.3, -0.25) is 24.0 Å². The third-order valence-corrected chi connectivity index (χ3v) is 5.40. The maximum atomic E-state index is 13.1. The Balaban J connectivity index is 1.88. The summed E-state index contributed by atoms with van der Waals surface area (Å²) in [6, 6.07) is 16.7. The number of aromatic amines is 1. The van der Waals surface area contributed by atoms with E-state index in [0.29, 0.717) is 11.7 Å². The number of nitrogen functional groups attached to an aromatic ring is 1. The molecule has 0 saturated heterocycles. The van der Waals surface area contributed by atoms with Crippen molar-refractivity contribution < 1.29 is 14.3 Å². The maximum absolute atomic E-state index is 13.1. The Kier molecular flexibility index (Phi) is 8.26. The SMILES string of the molecule is COCCN(C(=O)COc1ccc(C(C)C)cc1)c1c(N)n(Cc2ccccc2)c(=O)[nH]c1=O. The number of H-pyrrole nitrogens is 1. The number of anilines is 2. The molecule has 0 saturated carbocycles. The molecule has 0 aliphatic heterocycles. The summed E-state index contributed by atoms with van der Waals surface area (Å²) in [5.74, 6) is 0.303. The van der Waals surface area contributed by atoms with Gasteiger partial charge in [0.25, 0.3) is 11.5 Å². The Morgan fingerprint density at radius 3 is 2.38 bits per heavy atom. The van der Waals surface area contributed by atoms with Crippen LogP contribution in [0, 0.1) is 0 Å². The van der Waals surface area contributed by atoms with Gasteiger partial charge >= 0.3 is 5.69 Å². The highest BCUT2D eigenvalue weighted by atomic mass is 16.5. The highest BCUT2D eigenvalue weighted by molar-refractivity contribution is 5.96. The molecular weight excluding hydrogens is 436 g/mol. The summed E-state index contributed by atoms with van der Waals surface area (Å²) in [6.45, 7) is 4.22. The molecule has 1 heterocycles. The number of amides is 1. The van der Waals surface area contributed by atoms with Gasteiger partial charge in [0.1, 0.15) is 11.6 Å². The van der Waals surface area contributed by atoms with Gasteiger partial charge in [-0.1, -0.05) is 56.3 Å². The number of nitrogens with zero attached hydrogens (tertiary/aromatic N) is 2. The lowest BCUT2D eigenvalue weighted by Gasteiger charge is -2.24. The molecule has 0 aliphatic rings. The molecule has 0 bridgehead atoms. The van der Waals surface area contributed by atoms with E-state index < -0.39 is 17.2 Å². The number of carbonyl (C=O) groups excluding carboxylic acids is 1. The Morgan fingerprint density at radius 1 is 1.09 bits per heavy atom. The predicted octanol–water partition coefficient (Wildman–Crippen LogP) is 2.35. The Bertz CT molecular complexity index is 1220. The molecule has 9 nitrogen and oxygen atoms in total. The second-order valence-corrected chi connectivity index (χ2v) is 8.12. The number of nitrogens with two attached hydrogens (primary N) is 1. The van der Waals surface area contributed by atoms with Crippen LogP contribution in [0.3, 0.4) is 0 Å². The van der Waals surface area contributed by atoms with Gasteiger partial charge in [-0.2, -0.15) is 0 Å². The van der Waals surface area contributed by atoms with Gasteiger partial charge in [-0.15, -0.1) is 0 Å². The zero-order chi connectivity index (χ0) is 24.7. The van der Waals surface area contributed by atoms with E-state index in [4.69, 9.17) is 15.2 Å². The molecule has 180 valence electrons. The monoisotopic (exact) mass is 466 g/mol. The third-order valence-electron chi connectivity index (χ3n) is 5.40. The lowest BCUT2D eigenvalue weighted by atomic mass is 10.0. The van der Waals surface area contributed by atoms with Gasteiger partial charge in [0.15, 0.2) is 12.3 Å². The molecule has 0 aliphatic carbocycles. The highest BCUT2D eigenvalue weighted by Gasteiger charge is 2.24. The minimum atomic E-state index is -0.752. The highest BCUT2D eigenvalue weighted by Crippen LogP contribution is 2.20.